The number of aliphatic hydroxyl groups is 1. The SMILES string of the molecule is O=C(C=Cc1ccc2c(c1)OCO2)N[C@@H](CO)C(=O)NC1=NCCS1. The highest BCUT2D eigenvalue weighted by atomic mass is 32.2. The number of amidine groups is 1. The molecule has 0 aliphatic carbocycles. The van der Waals surface area contributed by atoms with Crippen LogP contribution in [0.15, 0.2) is 29.3 Å². The van der Waals surface area contributed by atoms with E-state index < -0.39 is 24.5 Å². The second-order valence-corrected chi connectivity index (χ2v) is 6.30. The molecule has 0 unspecified atom stereocenters. The van der Waals surface area contributed by atoms with Crippen LogP contribution >= 0.6 is 11.8 Å². The number of hydrogen-bond acceptors (Lipinski definition) is 7. The minimum Gasteiger partial charge on any atom is -0.454 e. The fourth-order valence-corrected chi connectivity index (χ4v) is 2.94. The van der Waals surface area contributed by atoms with Crippen molar-refractivity contribution in [1.29, 1.82) is 0 Å². The van der Waals surface area contributed by atoms with E-state index in [-0.39, 0.29) is 6.79 Å². The van der Waals surface area contributed by atoms with Gasteiger partial charge in [-0.2, -0.15) is 0 Å². The number of aliphatic hydroxyl groups excluding tert-OH is 1. The Bertz CT molecular complexity index is 734. The summed E-state index contributed by atoms with van der Waals surface area (Å²) < 4.78 is 10.5. The molecule has 1 aromatic carbocycles. The number of thioether (sulfide) groups is 1. The molecule has 0 saturated heterocycles. The van der Waals surface area contributed by atoms with Crippen LogP contribution in [0.25, 0.3) is 6.08 Å². The van der Waals surface area contributed by atoms with Crippen molar-refractivity contribution in [2.75, 3.05) is 25.7 Å². The number of carbonyl (C=O) groups is 2. The monoisotopic (exact) mass is 363 g/mol. The first-order valence-corrected chi connectivity index (χ1v) is 8.61. The molecule has 1 atom stereocenters. The van der Waals surface area contributed by atoms with Crippen molar-refractivity contribution in [2.45, 2.75) is 6.04 Å². The van der Waals surface area contributed by atoms with Crippen LogP contribution in [0.2, 0.25) is 0 Å². The maximum Gasteiger partial charge on any atom is 0.250 e. The summed E-state index contributed by atoms with van der Waals surface area (Å²) in [6.45, 7) is 0.321. The Morgan fingerprint density at radius 1 is 1.36 bits per heavy atom. The Morgan fingerprint density at radius 3 is 2.96 bits per heavy atom. The van der Waals surface area contributed by atoms with Crippen LogP contribution < -0.4 is 20.1 Å². The predicted octanol–water partition coefficient (Wildman–Crippen LogP) is 0.125. The van der Waals surface area contributed by atoms with Crippen molar-refractivity contribution in [3.8, 4) is 11.5 Å². The summed E-state index contributed by atoms with van der Waals surface area (Å²) in [5, 5.41) is 14.9. The fourth-order valence-electron chi connectivity index (χ4n) is 2.21. The molecule has 2 amide bonds. The van der Waals surface area contributed by atoms with Gasteiger partial charge < -0.3 is 25.2 Å². The van der Waals surface area contributed by atoms with Gasteiger partial charge in [0.25, 0.3) is 5.91 Å². The first-order chi connectivity index (χ1) is 12.2. The van der Waals surface area contributed by atoms with E-state index in [1.165, 1.54) is 17.8 Å². The number of amides is 2. The summed E-state index contributed by atoms with van der Waals surface area (Å²) in [5.74, 6) is 1.09. The zero-order chi connectivity index (χ0) is 17.6. The minimum absolute atomic E-state index is 0.180. The van der Waals surface area contributed by atoms with Crippen molar-refractivity contribution in [2.24, 2.45) is 4.99 Å². The third-order valence-corrected chi connectivity index (χ3v) is 4.35. The van der Waals surface area contributed by atoms with Gasteiger partial charge in [0.05, 0.1) is 13.2 Å². The van der Waals surface area contributed by atoms with Crippen LogP contribution in [0.1, 0.15) is 5.56 Å². The topological polar surface area (TPSA) is 109 Å². The van der Waals surface area contributed by atoms with Crippen LogP contribution in [0.5, 0.6) is 11.5 Å². The number of hydrogen-bond donors (Lipinski definition) is 3. The van der Waals surface area contributed by atoms with Crippen LogP contribution in [-0.4, -0.2) is 53.8 Å². The van der Waals surface area contributed by atoms with E-state index >= 15 is 0 Å². The van der Waals surface area contributed by atoms with Gasteiger partial charge in [-0.1, -0.05) is 17.8 Å². The van der Waals surface area contributed by atoms with Gasteiger partial charge in [-0.3, -0.25) is 14.6 Å². The van der Waals surface area contributed by atoms with Gasteiger partial charge in [0.15, 0.2) is 16.7 Å². The number of fused-ring (bicyclic) bond motifs is 1. The molecule has 2 aliphatic rings. The highest BCUT2D eigenvalue weighted by Crippen LogP contribution is 2.32. The molecule has 25 heavy (non-hydrogen) atoms. The van der Waals surface area contributed by atoms with Crippen molar-refractivity contribution in [1.82, 2.24) is 10.6 Å². The van der Waals surface area contributed by atoms with Crippen molar-refractivity contribution in [3.63, 3.8) is 0 Å². The highest BCUT2D eigenvalue weighted by molar-refractivity contribution is 8.14. The fraction of sp³-hybridized carbons (Fsp3) is 0.312. The molecule has 8 nitrogen and oxygen atoms in total. The third-order valence-electron chi connectivity index (χ3n) is 3.45. The average Bonchev–Trinajstić information content (AvgIpc) is 3.28. The Hall–Kier alpha value is -2.52. The molecule has 9 heteroatoms. The van der Waals surface area contributed by atoms with Gasteiger partial charge >= 0.3 is 0 Å². The van der Waals surface area contributed by atoms with Gasteiger partial charge in [-0.25, -0.2) is 0 Å². The molecule has 2 heterocycles. The molecular weight excluding hydrogens is 346 g/mol. The lowest BCUT2D eigenvalue weighted by Crippen LogP contribution is -2.49. The number of carbonyl (C=O) groups excluding carboxylic acids is 2. The first-order valence-electron chi connectivity index (χ1n) is 7.63. The van der Waals surface area contributed by atoms with Crippen LogP contribution in [-0.2, 0) is 9.59 Å². The van der Waals surface area contributed by atoms with Crippen LogP contribution in [0, 0.1) is 0 Å². The molecule has 0 bridgehead atoms. The molecular formula is C16H17N3O5S. The second-order valence-electron chi connectivity index (χ2n) is 5.21. The second kappa shape index (κ2) is 8.04. The number of ether oxygens (including phenoxy) is 2. The maximum absolute atomic E-state index is 12.0. The van der Waals surface area contributed by atoms with E-state index in [9.17, 15) is 14.7 Å². The van der Waals surface area contributed by atoms with E-state index in [0.29, 0.717) is 23.2 Å². The van der Waals surface area contributed by atoms with E-state index in [4.69, 9.17) is 9.47 Å². The molecule has 2 aliphatic heterocycles. The molecule has 1 aromatic rings. The summed E-state index contributed by atoms with van der Waals surface area (Å²) in [6.07, 6.45) is 2.87. The van der Waals surface area contributed by atoms with Gasteiger partial charge in [-0.15, -0.1) is 0 Å². The summed E-state index contributed by atoms with van der Waals surface area (Å²) in [4.78, 5) is 28.1. The van der Waals surface area contributed by atoms with Gasteiger partial charge in [0.1, 0.15) is 6.04 Å². The van der Waals surface area contributed by atoms with Crippen molar-refractivity contribution < 1.29 is 24.2 Å². The lowest BCUT2D eigenvalue weighted by Gasteiger charge is -2.14. The zero-order valence-corrected chi connectivity index (χ0v) is 14.0. The van der Waals surface area contributed by atoms with E-state index in [0.717, 1.165) is 11.3 Å². The number of rotatable bonds is 5. The molecule has 132 valence electrons. The summed E-state index contributed by atoms with van der Waals surface area (Å²) >= 11 is 1.42. The van der Waals surface area contributed by atoms with Crippen LogP contribution in [0.4, 0.5) is 0 Å². The highest BCUT2D eigenvalue weighted by Gasteiger charge is 2.21. The molecule has 3 N–H and O–H groups in total. The minimum atomic E-state index is -1.04. The molecule has 0 aromatic heterocycles. The average molecular weight is 363 g/mol. The third kappa shape index (κ3) is 4.52. The van der Waals surface area contributed by atoms with Gasteiger partial charge in [-0.05, 0) is 23.8 Å². The number of benzene rings is 1. The largest absolute Gasteiger partial charge is 0.454 e. The smallest absolute Gasteiger partial charge is 0.250 e. The zero-order valence-electron chi connectivity index (χ0n) is 13.2. The molecule has 3 rings (SSSR count). The summed E-state index contributed by atoms with van der Waals surface area (Å²) in [5.41, 5.74) is 0.751. The lowest BCUT2D eigenvalue weighted by molar-refractivity contribution is -0.127. The molecule has 0 fully saturated rings. The van der Waals surface area contributed by atoms with E-state index in [2.05, 4.69) is 15.6 Å². The quantitative estimate of drug-likeness (QED) is 0.642. The van der Waals surface area contributed by atoms with Gasteiger partial charge in [0, 0.05) is 11.8 Å². The van der Waals surface area contributed by atoms with Crippen molar-refractivity contribution in [3.05, 3.63) is 29.8 Å². The molecule has 0 radical (unpaired) electrons. The predicted molar refractivity (Wildman–Crippen MR) is 93.5 cm³/mol. The van der Waals surface area contributed by atoms with Gasteiger partial charge in [0.2, 0.25) is 12.7 Å². The summed E-state index contributed by atoms with van der Waals surface area (Å²) in [7, 11) is 0. The normalized spacial score (nSPS) is 16.6. The van der Waals surface area contributed by atoms with Crippen molar-refractivity contribution >= 4 is 34.8 Å². The lowest BCUT2D eigenvalue weighted by atomic mass is 10.2. The Kier molecular flexibility index (Phi) is 5.56. The number of nitrogens with zero attached hydrogens (tertiary/aromatic N) is 1. The Morgan fingerprint density at radius 2 is 2.20 bits per heavy atom. The molecule has 0 spiro atoms. The van der Waals surface area contributed by atoms with E-state index in [1.807, 2.05) is 0 Å². The van der Waals surface area contributed by atoms with E-state index in [1.54, 1.807) is 24.3 Å². The Labute approximate surface area is 148 Å². The molecule has 0 saturated carbocycles. The number of nitrogens with one attached hydrogen (secondary N) is 2. The van der Waals surface area contributed by atoms with Crippen LogP contribution in [0.3, 0.4) is 0 Å². The number of aliphatic imine (C=N–C) groups is 1. The summed E-state index contributed by atoms with van der Waals surface area (Å²) in [6, 6.07) is 4.24. The Balaban J connectivity index is 1.55. The first kappa shape index (κ1) is 17.3. The standard InChI is InChI=1S/C16H17N3O5S/c20-8-11(15(22)19-16-17-5-6-25-16)18-14(21)4-2-10-1-3-12-13(7-10)24-9-23-12/h1-4,7,11,20H,5-6,8-9H2,(H,18,21)(H,17,19,22)/t11-/m0/s1. The maximum atomic E-state index is 12.0.